The van der Waals surface area contributed by atoms with Gasteiger partial charge in [0, 0.05) is 30.9 Å². The minimum Gasteiger partial charge on any atom is -0.487 e. The molecule has 0 aliphatic carbocycles. The maximum Gasteiger partial charge on any atom is 0.188 e. The van der Waals surface area contributed by atoms with Crippen LogP contribution < -0.4 is 14.8 Å². The van der Waals surface area contributed by atoms with Crippen LogP contribution in [0.2, 0.25) is 0 Å². The summed E-state index contributed by atoms with van der Waals surface area (Å²) in [5, 5.41) is 5.75. The molecule has 0 bridgehead atoms. The molecule has 0 amide bonds. The van der Waals surface area contributed by atoms with E-state index in [-0.39, 0.29) is 0 Å². The Kier molecular flexibility index (Phi) is 5.54. The van der Waals surface area contributed by atoms with Gasteiger partial charge in [0.15, 0.2) is 16.7 Å². The zero-order valence-electron chi connectivity index (χ0n) is 13.0. The molecule has 0 aliphatic heterocycles. The van der Waals surface area contributed by atoms with Gasteiger partial charge in [0.2, 0.25) is 0 Å². The minimum atomic E-state index is 0.404. The summed E-state index contributed by atoms with van der Waals surface area (Å²) in [5.74, 6) is 2.31. The van der Waals surface area contributed by atoms with Gasteiger partial charge in [-0.25, -0.2) is 9.97 Å². The Labute approximate surface area is 143 Å². The lowest BCUT2D eigenvalue weighted by molar-refractivity contribution is 0.146. The highest BCUT2D eigenvalue weighted by molar-refractivity contribution is 7.13. The Bertz CT molecular complexity index is 753. The van der Waals surface area contributed by atoms with Gasteiger partial charge in [-0.3, -0.25) is 4.98 Å². The smallest absolute Gasteiger partial charge is 0.188 e. The van der Waals surface area contributed by atoms with Gasteiger partial charge in [0.25, 0.3) is 0 Å². The van der Waals surface area contributed by atoms with Crippen molar-refractivity contribution in [1.29, 1.82) is 0 Å². The van der Waals surface area contributed by atoms with E-state index in [4.69, 9.17) is 14.2 Å². The number of hydrogen-bond acceptors (Lipinski definition) is 8. The SMILES string of the molecule is COCCOc1cc(Oc2cccnc2)cnc1Nc1nccs1. The summed E-state index contributed by atoms with van der Waals surface area (Å²) in [6, 6.07) is 5.39. The van der Waals surface area contributed by atoms with Crippen molar-refractivity contribution in [3.8, 4) is 17.2 Å². The number of nitrogens with one attached hydrogen (secondary N) is 1. The van der Waals surface area contributed by atoms with E-state index < -0.39 is 0 Å². The van der Waals surface area contributed by atoms with E-state index in [1.54, 1.807) is 44.0 Å². The molecule has 0 spiro atoms. The average Bonchev–Trinajstić information content (AvgIpc) is 3.11. The number of ether oxygens (including phenoxy) is 3. The number of rotatable bonds is 8. The van der Waals surface area contributed by atoms with Gasteiger partial charge >= 0.3 is 0 Å². The van der Waals surface area contributed by atoms with Crippen LogP contribution in [-0.4, -0.2) is 35.3 Å². The van der Waals surface area contributed by atoms with E-state index in [1.165, 1.54) is 11.3 Å². The first kappa shape index (κ1) is 16.2. The molecule has 3 rings (SSSR count). The van der Waals surface area contributed by atoms with Crippen molar-refractivity contribution in [1.82, 2.24) is 15.0 Å². The predicted molar refractivity (Wildman–Crippen MR) is 91.3 cm³/mol. The monoisotopic (exact) mass is 344 g/mol. The lowest BCUT2D eigenvalue weighted by atomic mass is 10.4. The standard InChI is InChI=1S/C16H16N4O3S/c1-21-6-7-22-14-9-13(23-12-3-2-4-17-10-12)11-19-15(14)20-16-18-5-8-24-16/h2-5,8-11H,6-7H2,1H3,(H,18,19,20). The first-order chi connectivity index (χ1) is 11.8. The number of thiazole rings is 1. The highest BCUT2D eigenvalue weighted by Crippen LogP contribution is 2.31. The lowest BCUT2D eigenvalue weighted by Gasteiger charge is -2.13. The highest BCUT2D eigenvalue weighted by atomic mass is 32.1. The Hall–Kier alpha value is -2.71. The summed E-state index contributed by atoms with van der Waals surface area (Å²) in [7, 11) is 1.62. The molecule has 24 heavy (non-hydrogen) atoms. The third-order valence-electron chi connectivity index (χ3n) is 2.90. The molecule has 1 N–H and O–H groups in total. The second kappa shape index (κ2) is 8.23. The number of methoxy groups -OCH3 is 1. The molecule has 124 valence electrons. The summed E-state index contributed by atoms with van der Waals surface area (Å²) in [5.41, 5.74) is 0. The summed E-state index contributed by atoms with van der Waals surface area (Å²) in [6.45, 7) is 0.880. The normalized spacial score (nSPS) is 10.4. The molecule has 0 fully saturated rings. The predicted octanol–water partition coefficient (Wildman–Crippen LogP) is 3.49. The topological polar surface area (TPSA) is 78.4 Å². The number of aromatic nitrogens is 3. The number of hydrogen-bond donors (Lipinski definition) is 1. The van der Waals surface area contributed by atoms with Crippen LogP contribution in [0, 0.1) is 0 Å². The van der Waals surface area contributed by atoms with Crippen molar-refractivity contribution in [2.75, 3.05) is 25.6 Å². The van der Waals surface area contributed by atoms with Gasteiger partial charge < -0.3 is 19.5 Å². The van der Waals surface area contributed by atoms with Crippen molar-refractivity contribution in [3.05, 3.63) is 48.4 Å². The van der Waals surface area contributed by atoms with Crippen LogP contribution in [0.3, 0.4) is 0 Å². The molecule has 0 aromatic carbocycles. The molecular formula is C16H16N4O3S. The Morgan fingerprint density at radius 1 is 1.12 bits per heavy atom. The maximum atomic E-state index is 5.74. The van der Waals surface area contributed by atoms with Crippen LogP contribution in [0.1, 0.15) is 0 Å². The van der Waals surface area contributed by atoms with E-state index in [2.05, 4.69) is 20.3 Å². The molecule has 8 heteroatoms. The molecular weight excluding hydrogens is 328 g/mol. The van der Waals surface area contributed by atoms with Crippen LogP contribution in [-0.2, 0) is 4.74 Å². The molecule has 0 atom stereocenters. The van der Waals surface area contributed by atoms with E-state index >= 15 is 0 Å². The van der Waals surface area contributed by atoms with Crippen molar-refractivity contribution >= 4 is 22.3 Å². The van der Waals surface area contributed by atoms with E-state index in [9.17, 15) is 0 Å². The molecule has 3 aromatic rings. The molecule has 0 radical (unpaired) electrons. The first-order valence-electron chi connectivity index (χ1n) is 7.21. The van der Waals surface area contributed by atoms with Gasteiger partial charge in [-0.1, -0.05) is 0 Å². The maximum absolute atomic E-state index is 5.74. The molecule has 0 saturated heterocycles. The van der Waals surface area contributed by atoms with Gasteiger partial charge in [-0.05, 0) is 12.1 Å². The van der Waals surface area contributed by atoms with Gasteiger partial charge in [-0.2, -0.15) is 0 Å². The van der Waals surface area contributed by atoms with Gasteiger partial charge in [-0.15, -0.1) is 11.3 Å². The van der Waals surface area contributed by atoms with Crippen LogP contribution in [0.15, 0.2) is 48.4 Å². The van der Waals surface area contributed by atoms with E-state index in [1.807, 2.05) is 11.4 Å². The summed E-state index contributed by atoms with van der Waals surface area (Å²) >= 11 is 1.48. The quantitative estimate of drug-likeness (QED) is 0.627. The van der Waals surface area contributed by atoms with Gasteiger partial charge in [0.1, 0.15) is 18.1 Å². The van der Waals surface area contributed by atoms with E-state index in [0.717, 1.165) is 5.13 Å². The second-order valence-electron chi connectivity index (χ2n) is 4.61. The minimum absolute atomic E-state index is 0.404. The fourth-order valence-electron chi connectivity index (χ4n) is 1.85. The first-order valence-corrected chi connectivity index (χ1v) is 8.09. The molecule has 3 heterocycles. The molecule has 0 aliphatic rings. The van der Waals surface area contributed by atoms with Crippen LogP contribution in [0.5, 0.6) is 17.2 Å². The second-order valence-corrected chi connectivity index (χ2v) is 5.51. The lowest BCUT2D eigenvalue weighted by Crippen LogP contribution is -2.07. The number of pyridine rings is 2. The average molecular weight is 344 g/mol. The van der Waals surface area contributed by atoms with Crippen molar-refractivity contribution < 1.29 is 14.2 Å². The van der Waals surface area contributed by atoms with Crippen molar-refractivity contribution in [3.63, 3.8) is 0 Å². The fraction of sp³-hybridized carbons (Fsp3) is 0.188. The summed E-state index contributed by atoms with van der Waals surface area (Å²) < 4.78 is 16.5. The molecule has 0 unspecified atom stereocenters. The Balaban J connectivity index is 1.79. The summed E-state index contributed by atoms with van der Waals surface area (Å²) in [6.07, 6.45) is 6.66. The Morgan fingerprint density at radius 2 is 2.08 bits per heavy atom. The number of anilines is 2. The van der Waals surface area contributed by atoms with Crippen LogP contribution >= 0.6 is 11.3 Å². The Morgan fingerprint density at radius 3 is 2.83 bits per heavy atom. The van der Waals surface area contributed by atoms with Crippen molar-refractivity contribution in [2.45, 2.75) is 0 Å². The molecule has 0 saturated carbocycles. The largest absolute Gasteiger partial charge is 0.487 e. The van der Waals surface area contributed by atoms with E-state index in [0.29, 0.717) is 36.3 Å². The zero-order chi connectivity index (χ0) is 16.6. The van der Waals surface area contributed by atoms with Crippen LogP contribution in [0.25, 0.3) is 0 Å². The number of nitrogens with zero attached hydrogens (tertiary/aromatic N) is 3. The van der Waals surface area contributed by atoms with Crippen molar-refractivity contribution in [2.24, 2.45) is 0 Å². The summed E-state index contributed by atoms with van der Waals surface area (Å²) in [4.78, 5) is 12.6. The van der Waals surface area contributed by atoms with Crippen LogP contribution in [0.4, 0.5) is 10.9 Å². The highest BCUT2D eigenvalue weighted by Gasteiger charge is 2.10. The third-order valence-corrected chi connectivity index (χ3v) is 3.59. The zero-order valence-corrected chi connectivity index (χ0v) is 13.8. The fourth-order valence-corrected chi connectivity index (χ4v) is 2.38. The third kappa shape index (κ3) is 4.40. The van der Waals surface area contributed by atoms with Gasteiger partial charge in [0.05, 0.1) is 19.0 Å². The molecule has 7 nitrogen and oxygen atoms in total. The molecule has 3 aromatic heterocycles.